The monoisotopic (exact) mass is 405 g/mol. The molecule has 154 valence electrons. The molecule has 3 aliphatic heterocycles. The molecule has 0 bridgehead atoms. The number of nitrogens with zero attached hydrogens (tertiary/aromatic N) is 5. The smallest absolute Gasteiger partial charge is 0.159 e. The van der Waals surface area contributed by atoms with Gasteiger partial charge in [-0.15, -0.1) is 5.92 Å². The van der Waals surface area contributed by atoms with Crippen molar-refractivity contribution in [3.8, 4) is 17.9 Å². The van der Waals surface area contributed by atoms with E-state index in [2.05, 4.69) is 50.0 Å². The minimum absolute atomic E-state index is 0.0124. The van der Waals surface area contributed by atoms with Crippen LogP contribution in [0.25, 0.3) is 0 Å². The van der Waals surface area contributed by atoms with Crippen molar-refractivity contribution >= 4 is 6.21 Å². The molecule has 2 N–H and O–H groups in total. The van der Waals surface area contributed by atoms with E-state index in [1.165, 1.54) is 12.1 Å². The van der Waals surface area contributed by atoms with Crippen molar-refractivity contribution in [3.05, 3.63) is 58.8 Å². The maximum atomic E-state index is 13.5. The predicted molar refractivity (Wildman–Crippen MR) is 113 cm³/mol. The molecule has 1 aromatic carbocycles. The zero-order valence-corrected chi connectivity index (χ0v) is 17.0. The Morgan fingerprint density at radius 1 is 1.33 bits per heavy atom. The van der Waals surface area contributed by atoms with Gasteiger partial charge in [-0.3, -0.25) is 9.91 Å². The van der Waals surface area contributed by atoms with Crippen LogP contribution in [0.5, 0.6) is 0 Å². The normalized spacial score (nSPS) is 21.1. The Hall–Kier alpha value is -3.33. The lowest BCUT2D eigenvalue weighted by molar-refractivity contribution is 0.0634. The van der Waals surface area contributed by atoms with Crippen molar-refractivity contribution in [3.63, 3.8) is 0 Å². The highest BCUT2D eigenvalue weighted by Gasteiger charge is 2.38. The molecule has 1 atom stereocenters. The molecule has 30 heavy (non-hydrogen) atoms. The van der Waals surface area contributed by atoms with E-state index >= 15 is 0 Å². The fourth-order valence-electron chi connectivity index (χ4n) is 3.93. The van der Waals surface area contributed by atoms with E-state index in [-0.39, 0.29) is 6.29 Å². The van der Waals surface area contributed by atoms with Crippen LogP contribution in [-0.2, 0) is 6.54 Å². The van der Waals surface area contributed by atoms with E-state index in [1.54, 1.807) is 17.3 Å². The minimum Gasteiger partial charge on any atom is -0.350 e. The first kappa shape index (κ1) is 20.0. The van der Waals surface area contributed by atoms with Crippen LogP contribution in [0.4, 0.5) is 4.39 Å². The molecule has 7 nitrogen and oxygen atoms in total. The third-order valence-corrected chi connectivity index (χ3v) is 5.47. The van der Waals surface area contributed by atoms with Gasteiger partial charge in [-0.1, -0.05) is 18.6 Å². The number of nitriles is 1. The van der Waals surface area contributed by atoms with Crippen LogP contribution in [0.2, 0.25) is 0 Å². The second-order valence-corrected chi connectivity index (χ2v) is 7.28. The lowest BCUT2D eigenvalue weighted by Gasteiger charge is -2.39. The Labute approximate surface area is 176 Å². The van der Waals surface area contributed by atoms with Gasteiger partial charge in [0.05, 0.1) is 48.0 Å². The van der Waals surface area contributed by atoms with Gasteiger partial charge in [0.2, 0.25) is 0 Å². The summed E-state index contributed by atoms with van der Waals surface area (Å²) in [6, 6.07) is 6.29. The molecule has 0 aromatic heterocycles. The van der Waals surface area contributed by atoms with E-state index in [9.17, 15) is 9.65 Å². The maximum absolute atomic E-state index is 13.5. The Balaban J connectivity index is 1.58. The summed E-state index contributed by atoms with van der Waals surface area (Å²) in [6.07, 6.45) is 1.77. The van der Waals surface area contributed by atoms with Crippen molar-refractivity contribution in [2.75, 3.05) is 32.7 Å². The number of piperazine rings is 1. The molecule has 3 heterocycles. The zero-order chi connectivity index (χ0) is 21.1. The molecule has 0 spiro atoms. The molecule has 1 fully saturated rings. The topological polar surface area (TPSA) is 69.9 Å². The average molecular weight is 405 g/mol. The van der Waals surface area contributed by atoms with Crippen LogP contribution in [0.1, 0.15) is 18.1 Å². The van der Waals surface area contributed by atoms with Gasteiger partial charge in [-0.05, 0) is 24.6 Å². The van der Waals surface area contributed by atoms with Crippen molar-refractivity contribution in [2.45, 2.75) is 19.8 Å². The molecular weight excluding hydrogens is 381 g/mol. The molecule has 3 aliphatic rings. The van der Waals surface area contributed by atoms with Gasteiger partial charge in [0.25, 0.3) is 0 Å². The molecule has 0 saturated carbocycles. The highest BCUT2D eigenvalue weighted by Crippen LogP contribution is 2.32. The maximum Gasteiger partial charge on any atom is 0.159 e. The van der Waals surface area contributed by atoms with Gasteiger partial charge in [-0.25, -0.2) is 4.39 Å². The van der Waals surface area contributed by atoms with Crippen molar-refractivity contribution in [1.82, 2.24) is 25.4 Å². The summed E-state index contributed by atoms with van der Waals surface area (Å²) in [5.74, 6) is 5.72. The first-order chi connectivity index (χ1) is 14.6. The third kappa shape index (κ3) is 3.76. The first-order valence-corrected chi connectivity index (χ1v) is 9.93. The Bertz CT molecular complexity index is 1000. The Morgan fingerprint density at radius 3 is 2.87 bits per heavy atom. The van der Waals surface area contributed by atoms with E-state index in [1.807, 2.05) is 6.92 Å². The summed E-state index contributed by atoms with van der Waals surface area (Å²) in [5.41, 5.74) is 3.60. The molecule has 1 unspecified atom stereocenters. The van der Waals surface area contributed by atoms with Crippen LogP contribution < -0.4 is 10.6 Å². The molecule has 1 saturated heterocycles. The number of benzene rings is 1. The van der Waals surface area contributed by atoms with Crippen molar-refractivity contribution in [2.24, 2.45) is 5.10 Å². The van der Waals surface area contributed by atoms with E-state index < -0.39 is 5.82 Å². The van der Waals surface area contributed by atoms with Gasteiger partial charge < -0.3 is 15.5 Å². The van der Waals surface area contributed by atoms with Gasteiger partial charge in [0.15, 0.2) is 6.29 Å². The summed E-state index contributed by atoms with van der Waals surface area (Å²) in [4.78, 5) is 4.60. The van der Waals surface area contributed by atoms with Gasteiger partial charge in [0, 0.05) is 26.2 Å². The Morgan fingerprint density at radius 2 is 2.13 bits per heavy atom. The summed E-state index contributed by atoms with van der Waals surface area (Å²) < 4.78 is 13.5. The zero-order valence-electron chi connectivity index (χ0n) is 17.0. The van der Waals surface area contributed by atoms with E-state index in [0.717, 1.165) is 43.3 Å². The summed E-state index contributed by atoms with van der Waals surface area (Å²) in [5, 5.41) is 22.6. The van der Waals surface area contributed by atoms with E-state index in [0.29, 0.717) is 24.2 Å². The Kier molecular flexibility index (Phi) is 5.71. The quantitative estimate of drug-likeness (QED) is 0.737. The fourth-order valence-corrected chi connectivity index (χ4v) is 3.93. The molecule has 0 radical (unpaired) electrons. The lowest BCUT2D eigenvalue weighted by atomic mass is 10.1. The number of hydrazone groups is 1. The lowest BCUT2D eigenvalue weighted by Crippen LogP contribution is -2.57. The van der Waals surface area contributed by atoms with Gasteiger partial charge >= 0.3 is 0 Å². The summed E-state index contributed by atoms with van der Waals surface area (Å²) >= 11 is 0. The second-order valence-electron chi connectivity index (χ2n) is 7.28. The van der Waals surface area contributed by atoms with Crippen LogP contribution in [-0.4, -0.2) is 60.0 Å². The molecular formula is C22H24FN7. The number of rotatable bonds is 4. The second kappa shape index (κ2) is 8.58. The van der Waals surface area contributed by atoms with E-state index in [4.69, 9.17) is 0 Å². The minimum atomic E-state index is -0.426. The SMILES string of the molecule is C=C1C2=C(C=NN1Cc1ccc(F)cc1C#N)NC(N1CCNCC1)N2CC#CC. The van der Waals surface area contributed by atoms with Gasteiger partial charge in [0.1, 0.15) is 5.82 Å². The predicted octanol–water partition coefficient (Wildman–Crippen LogP) is 1.34. The standard InChI is InChI=1S/C22H24FN7/c1-3-4-9-29-21-16(2)30(15-17-5-6-19(23)12-18(17)13-24)26-14-20(21)27-22(29)28-10-7-25-8-11-28/h5-6,12,14,22,25,27H,2,7-11,15H2,1H3. The van der Waals surface area contributed by atoms with Crippen LogP contribution in [0.3, 0.4) is 0 Å². The van der Waals surface area contributed by atoms with Crippen molar-refractivity contribution in [1.29, 1.82) is 5.26 Å². The van der Waals surface area contributed by atoms with Gasteiger partial charge in [-0.2, -0.15) is 10.4 Å². The molecule has 0 amide bonds. The summed E-state index contributed by atoms with van der Waals surface area (Å²) in [6.45, 7) is 10.8. The van der Waals surface area contributed by atoms with Crippen molar-refractivity contribution < 1.29 is 4.39 Å². The number of halogens is 1. The van der Waals surface area contributed by atoms with Crippen LogP contribution in [0, 0.1) is 29.0 Å². The van der Waals surface area contributed by atoms with Crippen LogP contribution >= 0.6 is 0 Å². The molecule has 0 aliphatic carbocycles. The highest BCUT2D eigenvalue weighted by molar-refractivity contribution is 5.82. The molecule has 4 rings (SSSR count). The number of hydrogen-bond acceptors (Lipinski definition) is 7. The fraction of sp³-hybridized carbons (Fsp3) is 0.364. The number of hydrogen-bond donors (Lipinski definition) is 2. The summed E-state index contributed by atoms with van der Waals surface area (Å²) in [7, 11) is 0. The number of allylic oxidation sites excluding steroid dienone is 1. The van der Waals surface area contributed by atoms with Crippen LogP contribution in [0.15, 0.2) is 47.0 Å². The highest BCUT2D eigenvalue weighted by atomic mass is 19.1. The molecule has 8 heteroatoms. The first-order valence-electron chi connectivity index (χ1n) is 9.93. The largest absolute Gasteiger partial charge is 0.350 e. The number of nitrogens with one attached hydrogen (secondary N) is 2. The average Bonchev–Trinajstić information content (AvgIpc) is 3.15. The molecule has 1 aromatic rings. The third-order valence-electron chi connectivity index (χ3n) is 5.47.